The highest BCUT2D eigenvalue weighted by atomic mass is 32.2. The second-order valence-electron chi connectivity index (χ2n) is 4.93. The number of fused-ring (bicyclic) bond motifs is 1. The Morgan fingerprint density at radius 3 is 1.77 bits per heavy atom. The van der Waals surface area contributed by atoms with E-state index in [0.29, 0.717) is 10.4 Å². The van der Waals surface area contributed by atoms with Crippen molar-refractivity contribution in [2.75, 3.05) is 18.8 Å². The van der Waals surface area contributed by atoms with Crippen LogP contribution in [0.4, 0.5) is 0 Å². The van der Waals surface area contributed by atoms with Gasteiger partial charge in [-0.25, -0.2) is 0 Å². The predicted molar refractivity (Wildman–Crippen MR) is 107 cm³/mol. The Hall–Kier alpha value is -2.55. The number of hydrogen-bond acceptors (Lipinski definition) is 7. The quantitative estimate of drug-likeness (QED) is 0.739. The van der Waals surface area contributed by atoms with Gasteiger partial charge in [-0.1, -0.05) is 6.07 Å². The van der Waals surface area contributed by atoms with Crippen LogP contribution in [0.3, 0.4) is 0 Å². The molecule has 26 heavy (non-hydrogen) atoms. The Labute approximate surface area is 164 Å². The van der Waals surface area contributed by atoms with Crippen LogP contribution in [-0.2, 0) is 0 Å². The van der Waals surface area contributed by atoms with Gasteiger partial charge < -0.3 is 0 Å². The van der Waals surface area contributed by atoms with E-state index >= 15 is 0 Å². The zero-order valence-corrected chi connectivity index (χ0v) is 16.7. The summed E-state index contributed by atoms with van der Waals surface area (Å²) >= 11 is 4.44. The smallest absolute Gasteiger partial charge is 0.138 e. The first-order valence-corrected chi connectivity index (χ1v) is 10.9. The van der Waals surface area contributed by atoms with E-state index in [9.17, 15) is 21.0 Å². The molecule has 0 N–H and O–H groups in total. The predicted octanol–water partition coefficient (Wildman–Crippen LogP) is 3.35. The first kappa shape index (κ1) is 19.8. The third-order valence-corrected chi connectivity index (χ3v) is 6.36. The maximum Gasteiger partial charge on any atom is 0.138 e. The molecule has 126 valence electrons. The van der Waals surface area contributed by atoms with E-state index in [2.05, 4.69) is 0 Å². The van der Waals surface area contributed by atoms with Crippen LogP contribution in [0.25, 0.3) is 22.3 Å². The first-order chi connectivity index (χ1) is 12.6. The Kier molecular flexibility index (Phi) is 6.62. The normalized spacial score (nSPS) is 9.65. The molecule has 0 saturated carbocycles. The largest absolute Gasteiger partial charge is 0.192 e. The van der Waals surface area contributed by atoms with Gasteiger partial charge in [0.1, 0.15) is 35.4 Å². The van der Waals surface area contributed by atoms with Crippen molar-refractivity contribution in [2.24, 2.45) is 0 Å². The molecule has 4 nitrogen and oxygen atoms in total. The van der Waals surface area contributed by atoms with Crippen LogP contribution in [-0.4, -0.2) is 18.8 Å². The van der Waals surface area contributed by atoms with Gasteiger partial charge in [0.05, 0.1) is 0 Å². The molecule has 0 aromatic rings. The van der Waals surface area contributed by atoms with Crippen LogP contribution in [0.1, 0.15) is 0 Å². The summed E-state index contributed by atoms with van der Waals surface area (Å²) in [5.74, 6) is 0. The molecule has 2 rings (SSSR count). The molecule has 2 aliphatic rings. The van der Waals surface area contributed by atoms with Gasteiger partial charge in [0.2, 0.25) is 0 Å². The number of nitriles is 4. The third kappa shape index (κ3) is 3.26. The molecule has 0 radical (unpaired) electrons. The fourth-order valence-electron chi connectivity index (χ4n) is 2.70. The lowest BCUT2D eigenvalue weighted by Crippen LogP contribution is -2.06. The molecule has 0 unspecified atom stereocenters. The van der Waals surface area contributed by atoms with E-state index in [1.165, 1.54) is 35.3 Å². The molecule has 0 aromatic heterocycles. The van der Waals surface area contributed by atoms with Crippen molar-refractivity contribution in [1.29, 1.82) is 21.0 Å². The van der Waals surface area contributed by atoms with Crippen LogP contribution >= 0.6 is 35.3 Å². The van der Waals surface area contributed by atoms with Crippen LogP contribution in [0.15, 0.2) is 32.9 Å². The van der Waals surface area contributed by atoms with E-state index in [1.54, 1.807) is 0 Å². The Balaban J connectivity index is 3.26. The van der Waals surface area contributed by atoms with Gasteiger partial charge in [0.15, 0.2) is 0 Å². The standard InChI is InChI=1S/C19H12N4S3/c1-24-16-5-4-13-15(6-14(16)11(7-20)8-21)18(25-2)19(26-3)17(13)12(9-22)10-23/h4-6H,1-3H3. The van der Waals surface area contributed by atoms with Crippen LogP contribution < -0.4 is 10.4 Å². The second-order valence-corrected chi connectivity index (χ2v) is 7.41. The van der Waals surface area contributed by atoms with E-state index < -0.39 is 0 Å². The Morgan fingerprint density at radius 2 is 1.31 bits per heavy atom. The van der Waals surface area contributed by atoms with Crippen LogP contribution in [0, 0.1) is 45.3 Å². The van der Waals surface area contributed by atoms with Gasteiger partial charge >= 0.3 is 0 Å². The van der Waals surface area contributed by atoms with Gasteiger partial charge in [-0.3, -0.25) is 0 Å². The number of rotatable bonds is 3. The average molecular weight is 393 g/mol. The van der Waals surface area contributed by atoms with Gasteiger partial charge in [-0.15, -0.1) is 35.3 Å². The molecule has 0 bridgehead atoms. The maximum absolute atomic E-state index is 9.40. The van der Waals surface area contributed by atoms with Gasteiger partial charge in [-0.2, -0.15) is 21.0 Å². The lowest BCUT2D eigenvalue weighted by molar-refractivity contribution is 1.30. The highest BCUT2D eigenvalue weighted by Crippen LogP contribution is 2.38. The second kappa shape index (κ2) is 8.70. The summed E-state index contributed by atoms with van der Waals surface area (Å²) in [6.45, 7) is 0. The summed E-state index contributed by atoms with van der Waals surface area (Å²) in [6, 6.07) is 13.4. The van der Waals surface area contributed by atoms with Gasteiger partial charge in [0, 0.05) is 25.1 Å². The molecule has 2 aliphatic carbocycles. The number of nitrogens with zero attached hydrogens (tertiary/aromatic N) is 4. The molecule has 0 atom stereocenters. The molecule has 0 amide bonds. The van der Waals surface area contributed by atoms with Crippen molar-refractivity contribution in [3.63, 3.8) is 0 Å². The van der Waals surface area contributed by atoms with Crippen molar-refractivity contribution >= 4 is 46.4 Å². The number of hydrogen-bond donors (Lipinski definition) is 0. The zero-order chi connectivity index (χ0) is 19.3. The van der Waals surface area contributed by atoms with Crippen molar-refractivity contribution in [1.82, 2.24) is 0 Å². The van der Waals surface area contributed by atoms with Crippen LogP contribution in [0.2, 0.25) is 0 Å². The molecule has 0 aromatic carbocycles. The lowest BCUT2D eigenvalue weighted by Gasteiger charge is -1.99. The summed E-state index contributed by atoms with van der Waals surface area (Å²) in [7, 11) is 0. The first-order valence-electron chi connectivity index (χ1n) is 7.22. The fourth-order valence-corrected chi connectivity index (χ4v) is 5.17. The summed E-state index contributed by atoms with van der Waals surface area (Å²) in [6.07, 6.45) is 5.71. The summed E-state index contributed by atoms with van der Waals surface area (Å²) in [5.41, 5.74) is 1.70. The molecule has 0 fully saturated rings. The molecule has 0 aliphatic heterocycles. The monoisotopic (exact) mass is 392 g/mol. The van der Waals surface area contributed by atoms with E-state index in [-0.39, 0.29) is 11.1 Å². The summed E-state index contributed by atoms with van der Waals surface area (Å²) < 4.78 is 0. The zero-order valence-electron chi connectivity index (χ0n) is 14.2. The van der Waals surface area contributed by atoms with E-state index in [4.69, 9.17) is 0 Å². The lowest BCUT2D eigenvalue weighted by atomic mass is 10.1. The minimum Gasteiger partial charge on any atom is -0.192 e. The highest BCUT2D eigenvalue weighted by Gasteiger charge is 2.21. The third-order valence-electron chi connectivity index (χ3n) is 3.79. The van der Waals surface area contributed by atoms with Gasteiger partial charge in [0.25, 0.3) is 0 Å². The van der Waals surface area contributed by atoms with Gasteiger partial charge in [-0.05, 0) is 42.0 Å². The van der Waals surface area contributed by atoms with E-state index in [1.807, 2.05) is 61.2 Å². The summed E-state index contributed by atoms with van der Waals surface area (Å²) in [4.78, 5) is 2.59. The summed E-state index contributed by atoms with van der Waals surface area (Å²) in [5, 5.41) is 38.6. The Morgan fingerprint density at radius 1 is 0.731 bits per heavy atom. The van der Waals surface area contributed by atoms with Crippen molar-refractivity contribution < 1.29 is 0 Å². The Bertz CT molecular complexity index is 1110. The maximum atomic E-state index is 9.40. The molecular weight excluding hydrogens is 380 g/mol. The molecule has 0 saturated heterocycles. The minimum absolute atomic E-state index is 0.0390. The topological polar surface area (TPSA) is 95.2 Å². The minimum atomic E-state index is 0.0390. The molecule has 0 spiro atoms. The number of thioether (sulfide) groups is 3. The van der Waals surface area contributed by atoms with E-state index in [0.717, 1.165) is 25.8 Å². The van der Waals surface area contributed by atoms with Crippen molar-refractivity contribution in [3.8, 4) is 35.4 Å². The highest BCUT2D eigenvalue weighted by molar-refractivity contribution is 8.01. The fraction of sp³-hybridized carbons (Fsp3) is 0.158. The van der Waals surface area contributed by atoms with Crippen LogP contribution in [0.5, 0.6) is 0 Å². The molecule has 7 heteroatoms. The average Bonchev–Trinajstić information content (AvgIpc) is 2.83. The SMILES string of the molecule is CSc1c2cc(=C(C#N)C#N)c(SC)ccc-2c(=C(C#N)C#N)c1SC. The molecular formula is C19H12N4S3. The van der Waals surface area contributed by atoms with Crippen molar-refractivity contribution in [2.45, 2.75) is 14.7 Å². The molecule has 0 heterocycles. The van der Waals surface area contributed by atoms with Crippen molar-refractivity contribution in [3.05, 3.63) is 28.6 Å².